The molecule has 1 aromatic carbocycles. The van der Waals surface area contributed by atoms with E-state index in [1.807, 2.05) is 25.1 Å². The second kappa shape index (κ2) is 5.73. The number of hydrogen-bond acceptors (Lipinski definition) is 4. The van der Waals surface area contributed by atoms with E-state index in [0.717, 1.165) is 10.5 Å². The Morgan fingerprint density at radius 1 is 1.33 bits per heavy atom. The fourth-order valence-corrected chi connectivity index (χ4v) is 2.15. The van der Waals surface area contributed by atoms with Gasteiger partial charge in [0, 0.05) is 0 Å². The van der Waals surface area contributed by atoms with Gasteiger partial charge >= 0.3 is 6.03 Å². The summed E-state index contributed by atoms with van der Waals surface area (Å²) >= 11 is 0. The zero-order valence-corrected chi connectivity index (χ0v) is 12.4. The van der Waals surface area contributed by atoms with Gasteiger partial charge in [-0.15, -0.1) is 0 Å². The van der Waals surface area contributed by atoms with Crippen LogP contribution >= 0.6 is 0 Å². The second-order valence-corrected chi connectivity index (χ2v) is 5.70. The number of hydrogen-bond donors (Lipinski definition) is 2. The molecule has 1 aliphatic heterocycles. The minimum Gasteiger partial charge on any atom is -0.491 e. The molecule has 2 N–H and O–H groups in total. The maximum atomic E-state index is 12.0. The minimum absolute atomic E-state index is 0.0162. The van der Waals surface area contributed by atoms with Crippen LogP contribution < -0.4 is 10.1 Å². The molecule has 0 radical (unpaired) electrons. The molecular formula is C15H20N2O4. The maximum absolute atomic E-state index is 12.0. The molecule has 1 aliphatic rings. The van der Waals surface area contributed by atoms with Gasteiger partial charge in [-0.3, -0.25) is 9.69 Å². The van der Waals surface area contributed by atoms with Gasteiger partial charge in [0.15, 0.2) is 0 Å². The summed E-state index contributed by atoms with van der Waals surface area (Å²) in [6.07, 6.45) is -0.937. The lowest BCUT2D eigenvalue weighted by Gasteiger charge is -2.19. The van der Waals surface area contributed by atoms with Crippen LogP contribution in [0, 0.1) is 6.92 Å². The topological polar surface area (TPSA) is 78.9 Å². The van der Waals surface area contributed by atoms with Crippen LogP contribution in [-0.4, -0.2) is 46.7 Å². The Kier molecular flexibility index (Phi) is 4.18. The van der Waals surface area contributed by atoms with Crippen molar-refractivity contribution in [2.75, 3.05) is 13.2 Å². The molecule has 1 heterocycles. The van der Waals surface area contributed by atoms with E-state index in [4.69, 9.17) is 4.74 Å². The van der Waals surface area contributed by atoms with E-state index >= 15 is 0 Å². The fourth-order valence-electron chi connectivity index (χ4n) is 2.15. The van der Waals surface area contributed by atoms with Gasteiger partial charge in [-0.05, 0) is 32.4 Å². The summed E-state index contributed by atoms with van der Waals surface area (Å²) in [6, 6.07) is 6.96. The molecule has 1 fully saturated rings. The minimum atomic E-state index is -0.937. The zero-order chi connectivity index (χ0) is 15.6. The van der Waals surface area contributed by atoms with E-state index in [9.17, 15) is 14.7 Å². The SMILES string of the molecule is Cc1ccccc1OC[C@H](O)CN1C(=O)NC(C)(C)C1=O. The van der Waals surface area contributed by atoms with Crippen LogP contribution in [0.3, 0.4) is 0 Å². The molecular weight excluding hydrogens is 272 g/mol. The summed E-state index contributed by atoms with van der Waals surface area (Å²) in [5.74, 6) is 0.330. The smallest absolute Gasteiger partial charge is 0.325 e. The van der Waals surface area contributed by atoms with E-state index in [1.54, 1.807) is 19.9 Å². The molecule has 114 valence electrons. The molecule has 0 aliphatic carbocycles. The number of amides is 3. The highest BCUT2D eigenvalue weighted by Crippen LogP contribution is 2.18. The predicted molar refractivity (Wildman–Crippen MR) is 77.0 cm³/mol. The summed E-state index contributed by atoms with van der Waals surface area (Å²) in [4.78, 5) is 24.7. The highest BCUT2D eigenvalue weighted by Gasteiger charge is 2.44. The molecule has 21 heavy (non-hydrogen) atoms. The lowest BCUT2D eigenvalue weighted by Crippen LogP contribution is -2.42. The number of aliphatic hydroxyl groups excluding tert-OH is 1. The number of carbonyl (C=O) groups excluding carboxylic acids is 2. The third kappa shape index (κ3) is 3.33. The van der Waals surface area contributed by atoms with Gasteiger partial charge in [0.25, 0.3) is 5.91 Å². The third-order valence-corrected chi connectivity index (χ3v) is 3.36. The van der Waals surface area contributed by atoms with Gasteiger partial charge in [-0.2, -0.15) is 0 Å². The number of para-hydroxylation sites is 1. The molecule has 1 saturated heterocycles. The van der Waals surface area contributed by atoms with Crippen molar-refractivity contribution in [3.05, 3.63) is 29.8 Å². The Morgan fingerprint density at radius 2 is 2.00 bits per heavy atom. The molecule has 6 nitrogen and oxygen atoms in total. The number of ether oxygens (including phenoxy) is 1. The summed E-state index contributed by atoms with van der Waals surface area (Å²) < 4.78 is 5.51. The number of imide groups is 1. The molecule has 0 saturated carbocycles. The Balaban J connectivity index is 1.91. The van der Waals surface area contributed by atoms with Crippen molar-refractivity contribution in [2.45, 2.75) is 32.4 Å². The molecule has 0 bridgehead atoms. The fraction of sp³-hybridized carbons (Fsp3) is 0.467. The van der Waals surface area contributed by atoms with Crippen LogP contribution in [0.1, 0.15) is 19.4 Å². The standard InChI is InChI=1S/C15H20N2O4/c1-10-6-4-5-7-12(10)21-9-11(18)8-17-13(19)15(2,3)16-14(17)20/h4-7,11,18H,8-9H2,1-3H3,(H,16,20)/t11-/m1/s1. The maximum Gasteiger partial charge on any atom is 0.325 e. The monoisotopic (exact) mass is 292 g/mol. The molecule has 3 amide bonds. The van der Waals surface area contributed by atoms with Crippen molar-refractivity contribution >= 4 is 11.9 Å². The number of aliphatic hydroxyl groups is 1. The van der Waals surface area contributed by atoms with Crippen molar-refractivity contribution < 1.29 is 19.4 Å². The van der Waals surface area contributed by atoms with Crippen molar-refractivity contribution in [3.63, 3.8) is 0 Å². The van der Waals surface area contributed by atoms with Gasteiger partial charge < -0.3 is 15.2 Å². The second-order valence-electron chi connectivity index (χ2n) is 5.70. The number of aryl methyl sites for hydroxylation is 1. The lowest BCUT2D eigenvalue weighted by molar-refractivity contribution is -0.131. The van der Waals surface area contributed by atoms with E-state index in [0.29, 0.717) is 5.75 Å². The van der Waals surface area contributed by atoms with E-state index in [-0.39, 0.29) is 19.1 Å². The van der Waals surface area contributed by atoms with E-state index in [2.05, 4.69) is 5.32 Å². The third-order valence-electron chi connectivity index (χ3n) is 3.36. The summed E-state index contributed by atoms with van der Waals surface area (Å²) in [5, 5.41) is 12.5. The van der Waals surface area contributed by atoms with Gasteiger partial charge in [0.2, 0.25) is 0 Å². The number of β-amino-alcohol motifs (C(OH)–C–C–N with tert-alkyl or cyclic N) is 1. The van der Waals surface area contributed by atoms with Crippen molar-refractivity contribution in [3.8, 4) is 5.75 Å². The van der Waals surface area contributed by atoms with Crippen LogP contribution in [0.15, 0.2) is 24.3 Å². The van der Waals surface area contributed by atoms with Crippen molar-refractivity contribution in [2.24, 2.45) is 0 Å². The Morgan fingerprint density at radius 3 is 2.57 bits per heavy atom. The lowest BCUT2D eigenvalue weighted by atomic mass is 10.1. The first kappa shape index (κ1) is 15.3. The van der Waals surface area contributed by atoms with E-state index < -0.39 is 17.7 Å². The molecule has 0 unspecified atom stereocenters. The highest BCUT2D eigenvalue weighted by atomic mass is 16.5. The number of benzene rings is 1. The normalized spacial score (nSPS) is 18.6. The summed E-state index contributed by atoms with van der Waals surface area (Å²) in [5.41, 5.74) is 0.0362. The van der Waals surface area contributed by atoms with Crippen LogP contribution in [0.2, 0.25) is 0 Å². The molecule has 6 heteroatoms. The zero-order valence-electron chi connectivity index (χ0n) is 12.4. The van der Waals surface area contributed by atoms with Gasteiger partial charge in [-0.1, -0.05) is 18.2 Å². The molecule has 2 rings (SSSR count). The average Bonchev–Trinajstić information content (AvgIpc) is 2.60. The van der Waals surface area contributed by atoms with Crippen molar-refractivity contribution in [1.82, 2.24) is 10.2 Å². The average molecular weight is 292 g/mol. The first-order valence-corrected chi connectivity index (χ1v) is 6.82. The molecule has 1 atom stereocenters. The quantitative estimate of drug-likeness (QED) is 0.796. The number of urea groups is 1. The van der Waals surface area contributed by atoms with Crippen LogP contribution in [0.4, 0.5) is 4.79 Å². The molecule has 0 aromatic heterocycles. The highest BCUT2D eigenvalue weighted by molar-refractivity contribution is 6.06. The van der Waals surface area contributed by atoms with Crippen LogP contribution in [0.25, 0.3) is 0 Å². The predicted octanol–water partition coefficient (Wildman–Crippen LogP) is 1.07. The number of nitrogens with zero attached hydrogens (tertiary/aromatic N) is 1. The number of carbonyl (C=O) groups is 2. The Labute approximate surface area is 123 Å². The van der Waals surface area contributed by atoms with Gasteiger partial charge in [0.05, 0.1) is 6.54 Å². The van der Waals surface area contributed by atoms with Gasteiger partial charge in [-0.25, -0.2) is 4.79 Å². The van der Waals surface area contributed by atoms with Crippen LogP contribution in [0.5, 0.6) is 5.75 Å². The Hall–Kier alpha value is -2.08. The first-order valence-electron chi connectivity index (χ1n) is 6.82. The molecule has 1 aromatic rings. The number of nitrogens with one attached hydrogen (secondary N) is 1. The van der Waals surface area contributed by atoms with Crippen molar-refractivity contribution in [1.29, 1.82) is 0 Å². The van der Waals surface area contributed by atoms with E-state index in [1.165, 1.54) is 0 Å². The van der Waals surface area contributed by atoms with Gasteiger partial charge in [0.1, 0.15) is 24.0 Å². The number of rotatable bonds is 5. The first-order chi connectivity index (χ1) is 9.81. The largest absolute Gasteiger partial charge is 0.491 e. The Bertz CT molecular complexity index is 556. The summed E-state index contributed by atoms with van der Waals surface area (Å²) in [7, 11) is 0. The van der Waals surface area contributed by atoms with Crippen LogP contribution in [-0.2, 0) is 4.79 Å². The molecule has 0 spiro atoms. The summed E-state index contributed by atoms with van der Waals surface area (Å²) in [6.45, 7) is 5.09.